The Morgan fingerprint density at radius 1 is 1.07 bits per heavy atom. The Bertz CT molecular complexity index is 1150. The number of hydrogen-bond donors (Lipinski definition) is 1. The van der Waals surface area contributed by atoms with E-state index in [4.69, 9.17) is 4.98 Å². The number of fused-ring (bicyclic) bond motifs is 4. The smallest absolute Gasteiger partial charge is 0.165 e. The average molecular weight is 373 g/mol. The molecule has 3 aromatic rings. The minimum Gasteiger partial charge on any atom is -0.384 e. The van der Waals surface area contributed by atoms with Gasteiger partial charge in [-0.05, 0) is 35.1 Å². The standard InChI is InChI=1S/C24H20FNO2/c1-24(2)11-17-20(18(27)12-24)19(13-6-5-7-14(25)10-13)21-22(26-17)15-8-3-4-9-16(15)23(21)28/h3-10,23,28H,11-12H2,1-2H3/t23-/m0/s1. The summed E-state index contributed by atoms with van der Waals surface area (Å²) in [5.74, 6) is -0.366. The van der Waals surface area contributed by atoms with Crippen LogP contribution in [0.4, 0.5) is 4.39 Å². The van der Waals surface area contributed by atoms with E-state index >= 15 is 0 Å². The van der Waals surface area contributed by atoms with E-state index in [1.54, 1.807) is 12.1 Å². The Morgan fingerprint density at radius 2 is 1.86 bits per heavy atom. The SMILES string of the molecule is CC1(C)CC(=O)c2c(nc3c(c2-c2cccc(F)c2)[C@@H](O)c2ccccc2-3)C1. The lowest BCUT2D eigenvalue weighted by molar-refractivity contribution is 0.0911. The minimum absolute atomic E-state index is 0.00367. The lowest BCUT2D eigenvalue weighted by atomic mass is 9.73. The molecule has 1 aromatic heterocycles. The lowest BCUT2D eigenvalue weighted by Gasteiger charge is -2.32. The van der Waals surface area contributed by atoms with Gasteiger partial charge in [0.2, 0.25) is 0 Å². The second-order valence-electron chi connectivity index (χ2n) is 8.51. The Morgan fingerprint density at radius 3 is 2.64 bits per heavy atom. The van der Waals surface area contributed by atoms with E-state index in [0.717, 1.165) is 16.8 Å². The molecule has 28 heavy (non-hydrogen) atoms. The predicted molar refractivity (Wildman–Crippen MR) is 106 cm³/mol. The number of aliphatic hydroxyl groups is 1. The first-order valence-corrected chi connectivity index (χ1v) is 9.49. The Kier molecular flexibility index (Phi) is 3.59. The van der Waals surface area contributed by atoms with Gasteiger partial charge in [-0.25, -0.2) is 4.39 Å². The van der Waals surface area contributed by atoms with Crippen molar-refractivity contribution in [3.05, 3.63) is 76.7 Å². The number of Topliss-reactive ketones (excluding diaryl/α,β-unsaturated/α-hetero) is 1. The van der Waals surface area contributed by atoms with Crippen molar-refractivity contribution in [2.45, 2.75) is 32.8 Å². The molecule has 0 saturated heterocycles. The second-order valence-corrected chi connectivity index (χ2v) is 8.51. The van der Waals surface area contributed by atoms with Gasteiger partial charge in [-0.15, -0.1) is 0 Å². The van der Waals surface area contributed by atoms with Crippen LogP contribution in [0.15, 0.2) is 48.5 Å². The molecule has 3 nitrogen and oxygen atoms in total. The van der Waals surface area contributed by atoms with E-state index < -0.39 is 6.10 Å². The second kappa shape index (κ2) is 5.82. The third-order valence-electron chi connectivity index (χ3n) is 5.77. The summed E-state index contributed by atoms with van der Waals surface area (Å²) in [5, 5.41) is 11.1. The van der Waals surface area contributed by atoms with Crippen molar-refractivity contribution < 1.29 is 14.3 Å². The summed E-state index contributed by atoms with van der Waals surface area (Å²) in [6, 6.07) is 13.9. The average Bonchev–Trinajstić information content (AvgIpc) is 2.92. The molecule has 2 aliphatic carbocycles. The molecule has 0 bridgehead atoms. The molecule has 1 atom stereocenters. The zero-order valence-electron chi connectivity index (χ0n) is 15.8. The van der Waals surface area contributed by atoms with Gasteiger partial charge in [0.15, 0.2) is 5.78 Å². The molecular weight excluding hydrogens is 353 g/mol. The van der Waals surface area contributed by atoms with Gasteiger partial charge in [-0.1, -0.05) is 50.2 Å². The molecule has 1 N–H and O–H groups in total. The van der Waals surface area contributed by atoms with Crippen LogP contribution >= 0.6 is 0 Å². The van der Waals surface area contributed by atoms with E-state index in [1.807, 2.05) is 24.3 Å². The normalized spacial score (nSPS) is 19.1. The zero-order chi connectivity index (χ0) is 19.6. The van der Waals surface area contributed by atoms with Gasteiger partial charge in [0, 0.05) is 28.7 Å². The fourth-order valence-corrected chi connectivity index (χ4v) is 4.64. The third kappa shape index (κ3) is 2.45. The highest BCUT2D eigenvalue weighted by atomic mass is 19.1. The summed E-state index contributed by atoms with van der Waals surface area (Å²) in [4.78, 5) is 18.0. The van der Waals surface area contributed by atoms with Crippen molar-refractivity contribution in [3.63, 3.8) is 0 Å². The summed E-state index contributed by atoms with van der Waals surface area (Å²) in [6.45, 7) is 4.13. The summed E-state index contributed by atoms with van der Waals surface area (Å²) in [7, 11) is 0. The number of carbonyl (C=O) groups excluding carboxylic acids is 1. The molecule has 0 fully saturated rings. The molecule has 0 spiro atoms. The number of hydrogen-bond acceptors (Lipinski definition) is 3. The number of pyridine rings is 1. The summed E-state index contributed by atoms with van der Waals surface area (Å²) >= 11 is 0. The molecule has 0 amide bonds. The van der Waals surface area contributed by atoms with Gasteiger partial charge in [0.05, 0.1) is 11.4 Å². The minimum atomic E-state index is -0.884. The van der Waals surface area contributed by atoms with Crippen LogP contribution in [0.3, 0.4) is 0 Å². The van der Waals surface area contributed by atoms with Crippen molar-refractivity contribution in [2.75, 3.05) is 0 Å². The molecule has 4 heteroatoms. The summed E-state index contributed by atoms with van der Waals surface area (Å²) in [5.41, 5.74) is 5.29. The summed E-state index contributed by atoms with van der Waals surface area (Å²) in [6.07, 6.45) is 0.193. The van der Waals surface area contributed by atoms with Gasteiger partial charge < -0.3 is 5.11 Å². The monoisotopic (exact) mass is 373 g/mol. The fraction of sp³-hybridized carbons (Fsp3) is 0.250. The predicted octanol–water partition coefficient (Wildman–Crippen LogP) is 5.10. The van der Waals surface area contributed by atoms with Gasteiger partial charge in [-0.3, -0.25) is 9.78 Å². The van der Waals surface area contributed by atoms with Gasteiger partial charge in [-0.2, -0.15) is 0 Å². The van der Waals surface area contributed by atoms with E-state index in [0.29, 0.717) is 40.8 Å². The van der Waals surface area contributed by atoms with E-state index in [2.05, 4.69) is 13.8 Å². The topological polar surface area (TPSA) is 50.2 Å². The lowest BCUT2D eigenvalue weighted by Crippen LogP contribution is -2.29. The Labute approximate surface area is 162 Å². The molecule has 0 unspecified atom stereocenters. The molecule has 2 aromatic carbocycles. The molecular formula is C24H20FNO2. The molecule has 5 rings (SSSR count). The van der Waals surface area contributed by atoms with Gasteiger partial charge >= 0.3 is 0 Å². The van der Waals surface area contributed by atoms with Crippen LogP contribution in [-0.4, -0.2) is 15.9 Å². The number of nitrogens with zero attached hydrogens (tertiary/aromatic N) is 1. The van der Waals surface area contributed by atoms with E-state index in [1.165, 1.54) is 12.1 Å². The maximum Gasteiger partial charge on any atom is 0.165 e. The maximum atomic E-state index is 14.1. The first kappa shape index (κ1) is 17.3. The highest BCUT2D eigenvalue weighted by Gasteiger charge is 2.40. The van der Waals surface area contributed by atoms with E-state index in [-0.39, 0.29) is 17.0 Å². The highest BCUT2D eigenvalue weighted by molar-refractivity contribution is 6.07. The van der Waals surface area contributed by atoms with Crippen molar-refractivity contribution in [1.29, 1.82) is 0 Å². The number of benzene rings is 2. The first-order chi connectivity index (χ1) is 13.4. The number of ketones is 1. The Hall–Kier alpha value is -2.85. The molecule has 0 aliphatic heterocycles. The van der Waals surface area contributed by atoms with Crippen LogP contribution in [0.25, 0.3) is 22.4 Å². The molecule has 1 heterocycles. The van der Waals surface area contributed by atoms with Crippen LogP contribution < -0.4 is 0 Å². The fourth-order valence-electron chi connectivity index (χ4n) is 4.64. The van der Waals surface area contributed by atoms with Gasteiger partial charge in [0.25, 0.3) is 0 Å². The van der Waals surface area contributed by atoms with E-state index in [9.17, 15) is 14.3 Å². The molecule has 140 valence electrons. The van der Waals surface area contributed by atoms with Crippen molar-refractivity contribution in [1.82, 2.24) is 4.98 Å². The highest BCUT2D eigenvalue weighted by Crippen LogP contribution is 2.50. The quantitative estimate of drug-likeness (QED) is 0.645. The number of rotatable bonds is 1. The number of aromatic nitrogens is 1. The number of aliphatic hydroxyl groups excluding tert-OH is 1. The maximum absolute atomic E-state index is 14.1. The third-order valence-corrected chi connectivity index (χ3v) is 5.77. The van der Waals surface area contributed by atoms with Crippen LogP contribution in [-0.2, 0) is 6.42 Å². The zero-order valence-corrected chi connectivity index (χ0v) is 15.8. The molecule has 0 saturated carbocycles. The van der Waals surface area contributed by atoms with Crippen LogP contribution in [0.5, 0.6) is 0 Å². The van der Waals surface area contributed by atoms with Crippen molar-refractivity contribution in [3.8, 4) is 22.4 Å². The van der Waals surface area contributed by atoms with Gasteiger partial charge in [0.1, 0.15) is 11.9 Å². The largest absolute Gasteiger partial charge is 0.384 e. The first-order valence-electron chi connectivity index (χ1n) is 9.49. The van der Waals surface area contributed by atoms with Crippen LogP contribution in [0.2, 0.25) is 0 Å². The number of carbonyl (C=O) groups is 1. The van der Waals surface area contributed by atoms with Crippen LogP contribution in [0, 0.1) is 11.2 Å². The molecule has 2 aliphatic rings. The number of halogens is 1. The van der Waals surface area contributed by atoms with Crippen molar-refractivity contribution in [2.24, 2.45) is 5.41 Å². The Balaban J connectivity index is 1.89. The van der Waals surface area contributed by atoms with Crippen LogP contribution in [0.1, 0.15) is 53.6 Å². The summed E-state index contributed by atoms with van der Waals surface area (Å²) < 4.78 is 14.1. The molecule has 0 radical (unpaired) electrons. The van der Waals surface area contributed by atoms with Crippen molar-refractivity contribution >= 4 is 5.78 Å².